The molecule has 2 heterocycles. The fourth-order valence-corrected chi connectivity index (χ4v) is 2.94. The smallest absolute Gasteiger partial charge is 0.128 e. The summed E-state index contributed by atoms with van der Waals surface area (Å²) < 4.78 is 0. The van der Waals surface area contributed by atoms with E-state index < -0.39 is 0 Å². The molecule has 1 aliphatic heterocycles. The van der Waals surface area contributed by atoms with E-state index in [1.165, 1.54) is 19.3 Å². The maximum Gasteiger partial charge on any atom is 0.128 e. The fourth-order valence-electron chi connectivity index (χ4n) is 2.78. The second-order valence-corrected chi connectivity index (χ2v) is 6.12. The van der Waals surface area contributed by atoms with Crippen molar-refractivity contribution in [2.45, 2.75) is 39.7 Å². The lowest BCUT2D eigenvalue weighted by molar-refractivity contribution is 0.282. The van der Waals surface area contributed by atoms with Crippen molar-refractivity contribution in [2.75, 3.05) is 18.0 Å². The number of aliphatic hydroxyl groups is 1. The van der Waals surface area contributed by atoms with Gasteiger partial charge in [-0.15, -0.1) is 0 Å². The zero-order valence-electron chi connectivity index (χ0n) is 11.8. The largest absolute Gasteiger partial charge is 0.392 e. The van der Waals surface area contributed by atoms with E-state index in [0.29, 0.717) is 5.02 Å². The summed E-state index contributed by atoms with van der Waals surface area (Å²) in [5.41, 5.74) is 0.760. The van der Waals surface area contributed by atoms with E-state index in [2.05, 4.69) is 23.7 Å². The summed E-state index contributed by atoms with van der Waals surface area (Å²) in [6.45, 7) is 6.68. The molecule has 0 spiro atoms. The van der Waals surface area contributed by atoms with Crippen LogP contribution in [0.3, 0.4) is 0 Å². The van der Waals surface area contributed by atoms with Crippen LogP contribution in [0.15, 0.2) is 12.3 Å². The second-order valence-electron chi connectivity index (χ2n) is 5.71. The quantitative estimate of drug-likeness (QED) is 0.922. The van der Waals surface area contributed by atoms with Crippen LogP contribution in [0.2, 0.25) is 5.02 Å². The molecule has 0 radical (unpaired) electrons. The van der Waals surface area contributed by atoms with E-state index in [0.717, 1.165) is 36.3 Å². The van der Waals surface area contributed by atoms with E-state index >= 15 is 0 Å². The van der Waals surface area contributed by atoms with Crippen LogP contribution in [-0.2, 0) is 6.61 Å². The highest BCUT2D eigenvalue weighted by Crippen LogP contribution is 2.27. The minimum atomic E-state index is -0.0309. The zero-order valence-corrected chi connectivity index (χ0v) is 12.5. The Kier molecular flexibility index (Phi) is 5.06. The van der Waals surface area contributed by atoms with Crippen LogP contribution in [-0.4, -0.2) is 23.2 Å². The fraction of sp³-hybridized carbons (Fsp3) is 0.667. The Morgan fingerprint density at radius 2 is 2.21 bits per heavy atom. The van der Waals surface area contributed by atoms with Gasteiger partial charge in [-0.05, 0) is 37.2 Å². The topological polar surface area (TPSA) is 36.4 Å². The molecule has 1 aromatic rings. The monoisotopic (exact) mass is 282 g/mol. The number of aliphatic hydroxyl groups excluding tert-OH is 1. The normalized spacial score (nSPS) is 20.7. The molecule has 0 saturated carbocycles. The van der Waals surface area contributed by atoms with Gasteiger partial charge >= 0.3 is 0 Å². The first-order valence-electron chi connectivity index (χ1n) is 7.12. The summed E-state index contributed by atoms with van der Waals surface area (Å²) in [5.74, 6) is 2.51. The van der Waals surface area contributed by atoms with Crippen molar-refractivity contribution in [1.29, 1.82) is 0 Å². The molecular formula is C15H23ClN2O. The predicted octanol–water partition coefficient (Wildman–Crippen LogP) is 3.49. The van der Waals surface area contributed by atoms with Crippen molar-refractivity contribution in [3.63, 3.8) is 0 Å². The molecule has 3 nitrogen and oxygen atoms in total. The SMILES string of the molecule is CC(C)C1CCCN(c2cc(CO)c(Cl)cn2)CC1. The third-order valence-electron chi connectivity index (χ3n) is 4.13. The van der Waals surface area contributed by atoms with Crippen molar-refractivity contribution in [3.8, 4) is 0 Å². The van der Waals surface area contributed by atoms with Crippen LogP contribution in [0.1, 0.15) is 38.7 Å². The molecule has 1 unspecified atom stereocenters. The third kappa shape index (κ3) is 3.61. The summed E-state index contributed by atoms with van der Waals surface area (Å²) in [6.07, 6.45) is 5.37. The minimum absolute atomic E-state index is 0.0309. The number of pyridine rings is 1. The van der Waals surface area contributed by atoms with Crippen LogP contribution in [0, 0.1) is 11.8 Å². The highest BCUT2D eigenvalue weighted by molar-refractivity contribution is 6.31. The van der Waals surface area contributed by atoms with E-state index in [1.54, 1.807) is 6.20 Å². The maximum atomic E-state index is 9.28. The molecule has 0 aromatic carbocycles. The van der Waals surface area contributed by atoms with Gasteiger partial charge in [-0.3, -0.25) is 0 Å². The predicted molar refractivity (Wildman–Crippen MR) is 79.6 cm³/mol. The van der Waals surface area contributed by atoms with Crippen LogP contribution in [0.5, 0.6) is 0 Å². The Morgan fingerprint density at radius 1 is 1.42 bits per heavy atom. The Labute approximate surface area is 120 Å². The first kappa shape index (κ1) is 14.6. The third-order valence-corrected chi connectivity index (χ3v) is 4.47. The van der Waals surface area contributed by atoms with Gasteiger partial charge in [0.25, 0.3) is 0 Å². The van der Waals surface area contributed by atoms with Gasteiger partial charge in [0.1, 0.15) is 5.82 Å². The number of hydrogen-bond donors (Lipinski definition) is 1. The standard InChI is InChI=1S/C15H23ClN2O/c1-11(2)12-4-3-6-18(7-5-12)15-8-13(10-19)14(16)9-17-15/h8-9,11-12,19H,3-7,10H2,1-2H3. The van der Waals surface area contributed by atoms with Crippen LogP contribution >= 0.6 is 11.6 Å². The van der Waals surface area contributed by atoms with Crippen molar-refractivity contribution in [3.05, 3.63) is 22.8 Å². The number of nitrogens with zero attached hydrogens (tertiary/aromatic N) is 2. The van der Waals surface area contributed by atoms with Crippen molar-refractivity contribution < 1.29 is 5.11 Å². The molecule has 0 bridgehead atoms. The lowest BCUT2D eigenvalue weighted by Crippen LogP contribution is -2.25. The number of rotatable bonds is 3. The number of halogens is 1. The van der Waals surface area contributed by atoms with E-state index in [4.69, 9.17) is 11.6 Å². The molecule has 1 saturated heterocycles. The number of hydrogen-bond acceptors (Lipinski definition) is 3. The summed E-state index contributed by atoms with van der Waals surface area (Å²) >= 11 is 5.99. The molecule has 106 valence electrons. The van der Waals surface area contributed by atoms with Gasteiger partial charge in [0, 0.05) is 24.8 Å². The lowest BCUT2D eigenvalue weighted by Gasteiger charge is -2.23. The van der Waals surface area contributed by atoms with E-state index in [-0.39, 0.29) is 6.61 Å². The second kappa shape index (κ2) is 6.58. The van der Waals surface area contributed by atoms with Crippen LogP contribution < -0.4 is 4.90 Å². The molecule has 0 aliphatic carbocycles. The molecule has 0 amide bonds. The first-order chi connectivity index (χ1) is 9.11. The molecule has 1 aliphatic rings. The van der Waals surface area contributed by atoms with E-state index in [1.807, 2.05) is 6.07 Å². The Bertz CT molecular complexity index is 423. The van der Waals surface area contributed by atoms with Crippen LogP contribution in [0.25, 0.3) is 0 Å². The average Bonchev–Trinajstić information content (AvgIpc) is 2.65. The number of anilines is 1. The van der Waals surface area contributed by atoms with Crippen LogP contribution in [0.4, 0.5) is 5.82 Å². The molecule has 19 heavy (non-hydrogen) atoms. The molecule has 1 atom stereocenters. The van der Waals surface area contributed by atoms with Gasteiger partial charge < -0.3 is 10.0 Å². The van der Waals surface area contributed by atoms with E-state index in [9.17, 15) is 5.11 Å². The Hall–Kier alpha value is -0.800. The Morgan fingerprint density at radius 3 is 2.89 bits per heavy atom. The Balaban J connectivity index is 2.09. The summed E-state index contributed by atoms with van der Waals surface area (Å²) in [5, 5.41) is 9.82. The minimum Gasteiger partial charge on any atom is -0.392 e. The van der Waals surface area contributed by atoms with Crippen molar-refractivity contribution in [1.82, 2.24) is 4.98 Å². The van der Waals surface area contributed by atoms with Gasteiger partial charge in [0.15, 0.2) is 0 Å². The van der Waals surface area contributed by atoms with Crippen molar-refractivity contribution in [2.24, 2.45) is 11.8 Å². The molecule has 1 fully saturated rings. The number of aromatic nitrogens is 1. The highest BCUT2D eigenvalue weighted by atomic mass is 35.5. The van der Waals surface area contributed by atoms with Gasteiger partial charge in [-0.25, -0.2) is 4.98 Å². The zero-order chi connectivity index (χ0) is 13.8. The average molecular weight is 283 g/mol. The van der Waals surface area contributed by atoms with Gasteiger partial charge in [-0.2, -0.15) is 0 Å². The lowest BCUT2D eigenvalue weighted by atomic mass is 9.89. The van der Waals surface area contributed by atoms with Crippen molar-refractivity contribution >= 4 is 17.4 Å². The van der Waals surface area contributed by atoms with Gasteiger partial charge in [0.05, 0.1) is 11.6 Å². The molecule has 4 heteroatoms. The molecular weight excluding hydrogens is 260 g/mol. The van der Waals surface area contributed by atoms with Gasteiger partial charge in [-0.1, -0.05) is 25.4 Å². The highest BCUT2D eigenvalue weighted by Gasteiger charge is 2.20. The summed E-state index contributed by atoms with van der Waals surface area (Å²) in [7, 11) is 0. The van der Waals surface area contributed by atoms with Gasteiger partial charge in [0.2, 0.25) is 0 Å². The molecule has 1 aromatic heterocycles. The maximum absolute atomic E-state index is 9.28. The first-order valence-corrected chi connectivity index (χ1v) is 7.50. The summed E-state index contributed by atoms with van der Waals surface area (Å²) in [4.78, 5) is 6.72. The molecule has 2 rings (SSSR count). The molecule has 1 N–H and O–H groups in total. The summed E-state index contributed by atoms with van der Waals surface area (Å²) in [6, 6.07) is 1.91.